The van der Waals surface area contributed by atoms with Crippen molar-refractivity contribution in [3.05, 3.63) is 48.6 Å². The molecule has 1 aromatic carbocycles. The summed E-state index contributed by atoms with van der Waals surface area (Å²) < 4.78 is 15.9. The molecule has 134 valence electrons. The van der Waals surface area contributed by atoms with E-state index >= 15 is 0 Å². The van der Waals surface area contributed by atoms with Crippen LogP contribution in [0.3, 0.4) is 0 Å². The van der Waals surface area contributed by atoms with Crippen LogP contribution in [0.2, 0.25) is 0 Å². The van der Waals surface area contributed by atoms with Gasteiger partial charge < -0.3 is 19.2 Å². The predicted octanol–water partition coefficient (Wildman–Crippen LogP) is 2.72. The first-order valence-electron chi connectivity index (χ1n) is 7.94. The largest absolute Gasteiger partial charge is 0.493 e. The molecule has 0 aliphatic carbocycles. The lowest BCUT2D eigenvalue weighted by Gasteiger charge is -2.10. The van der Waals surface area contributed by atoms with E-state index in [9.17, 15) is 4.79 Å². The smallest absolute Gasteiger partial charge is 0.249 e. The third-order valence-corrected chi connectivity index (χ3v) is 3.61. The van der Waals surface area contributed by atoms with Gasteiger partial charge in [0.05, 0.1) is 19.8 Å². The summed E-state index contributed by atoms with van der Waals surface area (Å²) in [4.78, 5) is 16.1. The molecule has 0 saturated carbocycles. The van der Waals surface area contributed by atoms with Crippen LogP contribution in [0.4, 0.5) is 5.69 Å². The Hall–Kier alpha value is -3.42. The Morgan fingerprint density at radius 2 is 2.00 bits per heavy atom. The molecule has 0 unspecified atom stereocenters. The monoisotopic (exact) mass is 354 g/mol. The van der Waals surface area contributed by atoms with Gasteiger partial charge in [0.1, 0.15) is 0 Å². The average Bonchev–Trinajstić information content (AvgIpc) is 3.16. The molecule has 3 aromatic rings. The maximum Gasteiger partial charge on any atom is 0.249 e. The third-order valence-electron chi connectivity index (χ3n) is 3.61. The topological polar surface area (TPSA) is 99.4 Å². The highest BCUT2D eigenvalue weighted by molar-refractivity contribution is 5.91. The number of aromatic nitrogens is 3. The van der Waals surface area contributed by atoms with Crippen LogP contribution in [0, 0.1) is 0 Å². The quantitative estimate of drug-likeness (QED) is 0.696. The van der Waals surface area contributed by atoms with Gasteiger partial charge in [-0.1, -0.05) is 0 Å². The summed E-state index contributed by atoms with van der Waals surface area (Å²) in [6.07, 6.45) is 3.86. The van der Waals surface area contributed by atoms with Crippen molar-refractivity contribution in [2.24, 2.45) is 0 Å². The van der Waals surface area contributed by atoms with Crippen molar-refractivity contribution in [2.45, 2.75) is 12.8 Å². The summed E-state index contributed by atoms with van der Waals surface area (Å²) in [5, 5.41) is 10.7. The van der Waals surface area contributed by atoms with Crippen molar-refractivity contribution in [2.75, 3.05) is 19.5 Å². The zero-order chi connectivity index (χ0) is 18.4. The number of methoxy groups -OCH3 is 2. The number of anilines is 1. The van der Waals surface area contributed by atoms with Gasteiger partial charge in [-0.05, 0) is 24.3 Å². The zero-order valence-corrected chi connectivity index (χ0v) is 14.4. The van der Waals surface area contributed by atoms with Crippen LogP contribution in [-0.4, -0.2) is 35.3 Å². The summed E-state index contributed by atoms with van der Waals surface area (Å²) in [7, 11) is 3.10. The minimum absolute atomic E-state index is 0.168. The highest BCUT2D eigenvalue weighted by Gasteiger charge is 2.12. The molecule has 1 N–H and O–H groups in total. The first-order chi connectivity index (χ1) is 12.7. The van der Waals surface area contributed by atoms with E-state index in [4.69, 9.17) is 13.9 Å². The molecule has 0 radical (unpaired) electrons. The third kappa shape index (κ3) is 4.15. The summed E-state index contributed by atoms with van der Waals surface area (Å²) >= 11 is 0. The maximum atomic E-state index is 12.1. The molecule has 0 saturated heterocycles. The van der Waals surface area contributed by atoms with E-state index in [0.717, 1.165) is 5.56 Å². The van der Waals surface area contributed by atoms with Crippen LogP contribution in [-0.2, 0) is 11.2 Å². The van der Waals surface area contributed by atoms with Crippen molar-refractivity contribution in [1.82, 2.24) is 15.2 Å². The summed E-state index contributed by atoms with van der Waals surface area (Å²) in [6, 6.07) is 8.78. The van der Waals surface area contributed by atoms with Crippen LogP contribution in [0.1, 0.15) is 12.3 Å². The van der Waals surface area contributed by atoms with Gasteiger partial charge in [0.15, 0.2) is 11.5 Å². The van der Waals surface area contributed by atoms with Crippen LogP contribution in [0.5, 0.6) is 11.5 Å². The number of amides is 1. The summed E-state index contributed by atoms with van der Waals surface area (Å²) in [5.74, 6) is 1.75. The molecular weight excluding hydrogens is 336 g/mol. The lowest BCUT2D eigenvalue weighted by atomic mass is 10.2. The lowest BCUT2D eigenvalue weighted by Crippen LogP contribution is -2.12. The van der Waals surface area contributed by atoms with Gasteiger partial charge in [-0.25, -0.2) is 0 Å². The number of rotatable bonds is 7. The minimum Gasteiger partial charge on any atom is -0.493 e. The number of hydrogen-bond donors (Lipinski definition) is 1. The predicted molar refractivity (Wildman–Crippen MR) is 94.0 cm³/mol. The summed E-state index contributed by atoms with van der Waals surface area (Å²) in [6.45, 7) is 0. The highest BCUT2D eigenvalue weighted by Crippen LogP contribution is 2.29. The SMILES string of the molecule is COc1ccc(NC(=O)CCc2nnc(-c3cccnc3)o2)cc1OC. The molecule has 8 heteroatoms. The first-order valence-corrected chi connectivity index (χ1v) is 7.94. The summed E-state index contributed by atoms with van der Waals surface area (Å²) in [5.41, 5.74) is 1.36. The fourth-order valence-corrected chi connectivity index (χ4v) is 2.32. The number of carbonyl (C=O) groups excluding carboxylic acids is 1. The fourth-order valence-electron chi connectivity index (χ4n) is 2.32. The van der Waals surface area contributed by atoms with Crippen molar-refractivity contribution < 1.29 is 18.7 Å². The van der Waals surface area contributed by atoms with Crippen molar-refractivity contribution in [3.63, 3.8) is 0 Å². The molecule has 0 bridgehead atoms. The van der Waals surface area contributed by atoms with E-state index in [1.807, 2.05) is 6.07 Å². The van der Waals surface area contributed by atoms with Gasteiger partial charge in [-0.15, -0.1) is 10.2 Å². The van der Waals surface area contributed by atoms with Crippen LogP contribution >= 0.6 is 0 Å². The van der Waals surface area contributed by atoms with Crippen molar-refractivity contribution in [1.29, 1.82) is 0 Å². The second-order valence-corrected chi connectivity index (χ2v) is 5.36. The van der Waals surface area contributed by atoms with E-state index < -0.39 is 0 Å². The van der Waals surface area contributed by atoms with E-state index in [2.05, 4.69) is 20.5 Å². The molecule has 1 amide bonds. The van der Waals surface area contributed by atoms with Gasteiger partial charge in [-0.2, -0.15) is 0 Å². The van der Waals surface area contributed by atoms with E-state index in [-0.39, 0.29) is 12.3 Å². The average molecular weight is 354 g/mol. The van der Waals surface area contributed by atoms with Gasteiger partial charge in [0, 0.05) is 37.0 Å². The van der Waals surface area contributed by atoms with Crippen molar-refractivity contribution >= 4 is 11.6 Å². The molecular formula is C18H18N4O4. The number of benzene rings is 1. The van der Waals surface area contributed by atoms with Crippen LogP contribution in [0.25, 0.3) is 11.5 Å². The number of nitrogens with zero attached hydrogens (tertiary/aromatic N) is 3. The van der Waals surface area contributed by atoms with Gasteiger partial charge >= 0.3 is 0 Å². The molecule has 0 atom stereocenters. The molecule has 0 fully saturated rings. The second-order valence-electron chi connectivity index (χ2n) is 5.36. The van der Waals surface area contributed by atoms with Gasteiger partial charge in [0.25, 0.3) is 0 Å². The first kappa shape index (κ1) is 17.4. The number of hydrogen-bond acceptors (Lipinski definition) is 7. The molecule has 0 aliphatic heterocycles. The molecule has 26 heavy (non-hydrogen) atoms. The maximum absolute atomic E-state index is 12.1. The number of nitrogens with one attached hydrogen (secondary N) is 1. The molecule has 3 rings (SSSR count). The van der Waals surface area contributed by atoms with E-state index in [1.165, 1.54) is 0 Å². The number of aryl methyl sites for hydroxylation is 1. The molecule has 0 aliphatic rings. The zero-order valence-electron chi connectivity index (χ0n) is 14.4. The second kappa shape index (κ2) is 8.11. The lowest BCUT2D eigenvalue weighted by molar-refractivity contribution is -0.116. The number of carbonyl (C=O) groups is 1. The van der Waals surface area contributed by atoms with Gasteiger partial charge in [0.2, 0.25) is 17.7 Å². The molecule has 2 heterocycles. The fraction of sp³-hybridized carbons (Fsp3) is 0.222. The normalized spacial score (nSPS) is 10.4. The molecule has 8 nitrogen and oxygen atoms in total. The van der Waals surface area contributed by atoms with Crippen molar-refractivity contribution in [3.8, 4) is 23.0 Å². The number of ether oxygens (including phenoxy) is 2. The standard InChI is InChI=1S/C18H18N4O4/c1-24-14-6-5-13(10-15(14)25-2)20-16(23)7-8-17-21-22-18(26-17)12-4-3-9-19-11-12/h3-6,9-11H,7-8H2,1-2H3,(H,20,23). The Bertz CT molecular complexity index is 880. The Labute approximate surface area is 150 Å². The van der Waals surface area contributed by atoms with E-state index in [0.29, 0.717) is 35.4 Å². The van der Waals surface area contributed by atoms with Gasteiger partial charge in [-0.3, -0.25) is 9.78 Å². The Balaban J connectivity index is 1.57. The van der Waals surface area contributed by atoms with Crippen LogP contribution in [0.15, 0.2) is 47.1 Å². The Morgan fingerprint density at radius 3 is 2.73 bits per heavy atom. The highest BCUT2D eigenvalue weighted by atomic mass is 16.5. The van der Waals surface area contributed by atoms with E-state index in [1.54, 1.807) is 50.9 Å². The molecule has 2 aromatic heterocycles. The minimum atomic E-state index is -0.168. The van der Waals surface area contributed by atoms with Crippen LogP contribution < -0.4 is 14.8 Å². The Kier molecular flexibility index (Phi) is 5.43. The molecule has 0 spiro atoms. The Morgan fingerprint density at radius 1 is 1.15 bits per heavy atom. The number of pyridine rings is 1.